The van der Waals surface area contributed by atoms with Crippen LogP contribution in [0.4, 0.5) is 0 Å². The van der Waals surface area contributed by atoms with Crippen LogP contribution in [0.5, 0.6) is 0 Å². The molecule has 1 heterocycles. The van der Waals surface area contributed by atoms with Crippen molar-refractivity contribution >= 4 is 0 Å². The van der Waals surface area contributed by atoms with Crippen molar-refractivity contribution in [1.29, 1.82) is 0 Å². The summed E-state index contributed by atoms with van der Waals surface area (Å²) in [5.41, 5.74) is 0.311. The van der Waals surface area contributed by atoms with Gasteiger partial charge in [0.25, 0.3) is 0 Å². The summed E-state index contributed by atoms with van der Waals surface area (Å²) >= 11 is 0. The summed E-state index contributed by atoms with van der Waals surface area (Å²) in [7, 11) is 0. The summed E-state index contributed by atoms with van der Waals surface area (Å²) in [6, 6.07) is 0.800. The summed E-state index contributed by atoms with van der Waals surface area (Å²) in [4.78, 5) is 2.55. The molecule has 2 saturated carbocycles. The topological polar surface area (TPSA) is 44.7 Å². The van der Waals surface area contributed by atoms with Gasteiger partial charge in [-0.1, -0.05) is 12.8 Å². The van der Waals surface area contributed by atoms with Gasteiger partial charge in [0.2, 0.25) is 0 Å². The number of hydrogen-bond donors (Lipinski definition) is 2. The maximum atomic E-state index is 9.49. The molecule has 1 unspecified atom stereocenters. The van der Waals surface area contributed by atoms with E-state index in [1.807, 2.05) is 0 Å². The monoisotopic (exact) mass is 296 g/mol. The predicted octanol–water partition coefficient (Wildman–Crippen LogP) is 1.77. The summed E-state index contributed by atoms with van der Waals surface area (Å²) in [6.07, 6.45) is 8.18. The third kappa shape index (κ3) is 4.19. The minimum Gasteiger partial charge on any atom is -0.394 e. The van der Waals surface area contributed by atoms with Gasteiger partial charge in [0.15, 0.2) is 0 Å². The molecule has 3 rings (SSSR count). The number of aliphatic hydroxyl groups excluding tert-OH is 1. The van der Waals surface area contributed by atoms with E-state index in [0.717, 1.165) is 25.7 Å². The second kappa shape index (κ2) is 6.15. The van der Waals surface area contributed by atoms with Crippen LogP contribution in [0.25, 0.3) is 0 Å². The summed E-state index contributed by atoms with van der Waals surface area (Å²) in [5.74, 6) is 0. The fourth-order valence-corrected chi connectivity index (χ4v) is 4.27. The van der Waals surface area contributed by atoms with Gasteiger partial charge in [-0.15, -0.1) is 0 Å². The highest BCUT2D eigenvalue weighted by atomic mass is 16.5. The Kier molecular flexibility index (Phi) is 4.60. The highest BCUT2D eigenvalue weighted by Crippen LogP contribution is 2.40. The van der Waals surface area contributed by atoms with Crippen LogP contribution in [0.2, 0.25) is 0 Å². The number of morpholine rings is 1. The van der Waals surface area contributed by atoms with Crippen LogP contribution in [-0.4, -0.2) is 60.5 Å². The Balaban J connectivity index is 1.61. The van der Waals surface area contributed by atoms with Crippen LogP contribution in [0.1, 0.15) is 52.4 Å². The number of nitrogens with one attached hydrogen (secondary N) is 1. The lowest BCUT2D eigenvalue weighted by molar-refractivity contribution is -0.153. The Morgan fingerprint density at radius 1 is 1.24 bits per heavy atom. The Bertz CT molecular complexity index is 349. The molecule has 1 saturated heterocycles. The molecule has 2 aliphatic carbocycles. The lowest BCUT2D eigenvalue weighted by atomic mass is 9.84. The van der Waals surface area contributed by atoms with E-state index >= 15 is 0 Å². The van der Waals surface area contributed by atoms with E-state index in [0.29, 0.717) is 5.41 Å². The Morgan fingerprint density at radius 2 is 1.95 bits per heavy atom. The van der Waals surface area contributed by atoms with E-state index in [9.17, 15) is 5.11 Å². The highest BCUT2D eigenvalue weighted by Gasteiger charge is 2.40. The molecule has 122 valence electrons. The van der Waals surface area contributed by atoms with E-state index in [1.54, 1.807) is 0 Å². The van der Waals surface area contributed by atoms with Gasteiger partial charge < -0.3 is 15.2 Å². The molecule has 0 aromatic heterocycles. The quantitative estimate of drug-likeness (QED) is 0.784. The third-order valence-electron chi connectivity index (χ3n) is 5.32. The predicted molar refractivity (Wildman–Crippen MR) is 84.4 cm³/mol. The smallest absolute Gasteiger partial charge is 0.0940 e. The lowest BCUT2D eigenvalue weighted by Crippen LogP contribution is -2.56. The zero-order chi connectivity index (χ0) is 14.9. The van der Waals surface area contributed by atoms with Gasteiger partial charge in [0, 0.05) is 32.2 Å². The van der Waals surface area contributed by atoms with Crippen molar-refractivity contribution < 1.29 is 9.84 Å². The normalized spacial score (nSPS) is 32.4. The third-order valence-corrected chi connectivity index (χ3v) is 5.32. The maximum absolute atomic E-state index is 9.49. The van der Waals surface area contributed by atoms with Crippen LogP contribution in [-0.2, 0) is 4.74 Å². The van der Waals surface area contributed by atoms with Crippen LogP contribution >= 0.6 is 0 Å². The average Bonchev–Trinajstić information content (AvgIpc) is 3.15. The lowest BCUT2D eigenvalue weighted by Gasteiger charge is -2.45. The SMILES string of the molecule is CC1(C)CN(CC2(CNC3CC3)CCCC2)CC(CO)O1. The van der Waals surface area contributed by atoms with Gasteiger partial charge in [-0.25, -0.2) is 0 Å². The molecular weight excluding hydrogens is 264 g/mol. The molecule has 0 bridgehead atoms. The van der Waals surface area contributed by atoms with Gasteiger partial charge in [-0.3, -0.25) is 4.90 Å². The molecule has 0 aromatic carbocycles. The molecule has 3 fully saturated rings. The second-order valence-electron chi connectivity index (χ2n) is 8.21. The first-order chi connectivity index (χ1) is 10.0. The van der Waals surface area contributed by atoms with Crippen molar-refractivity contribution in [3.63, 3.8) is 0 Å². The van der Waals surface area contributed by atoms with Crippen LogP contribution < -0.4 is 5.32 Å². The summed E-state index contributed by atoms with van der Waals surface area (Å²) in [5, 5.41) is 13.3. The molecule has 0 radical (unpaired) electrons. The van der Waals surface area contributed by atoms with Gasteiger partial charge in [-0.2, -0.15) is 0 Å². The maximum Gasteiger partial charge on any atom is 0.0940 e. The first-order valence-electron chi connectivity index (χ1n) is 8.75. The molecule has 2 N–H and O–H groups in total. The van der Waals surface area contributed by atoms with Gasteiger partial charge >= 0.3 is 0 Å². The van der Waals surface area contributed by atoms with Crippen LogP contribution in [0, 0.1) is 5.41 Å². The summed E-state index contributed by atoms with van der Waals surface area (Å²) in [6.45, 7) is 8.62. The Labute approximate surface area is 129 Å². The summed E-state index contributed by atoms with van der Waals surface area (Å²) < 4.78 is 5.95. The van der Waals surface area contributed by atoms with Crippen LogP contribution in [0.15, 0.2) is 0 Å². The Morgan fingerprint density at radius 3 is 2.57 bits per heavy atom. The first kappa shape index (κ1) is 15.7. The molecule has 0 amide bonds. The fraction of sp³-hybridized carbons (Fsp3) is 1.00. The Hall–Kier alpha value is -0.160. The minimum atomic E-state index is -0.143. The van der Waals surface area contributed by atoms with E-state index in [4.69, 9.17) is 4.74 Å². The van der Waals surface area contributed by atoms with Gasteiger partial charge in [-0.05, 0) is 44.9 Å². The van der Waals surface area contributed by atoms with Crippen LogP contribution in [0.3, 0.4) is 0 Å². The van der Waals surface area contributed by atoms with Crippen molar-refractivity contribution in [2.75, 3.05) is 32.8 Å². The van der Waals surface area contributed by atoms with Gasteiger partial charge in [0.1, 0.15) is 0 Å². The van der Waals surface area contributed by atoms with E-state index < -0.39 is 0 Å². The molecule has 4 heteroatoms. The zero-order valence-electron chi connectivity index (χ0n) is 13.7. The largest absolute Gasteiger partial charge is 0.394 e. The molecule has 1 aliphatic heterocycles. The molecule has 21 heavy (non-hydrogen) atoms. The van der Waals surface area contributed by atoms with Crippen molar-refractivity contribution in [3.05, 3.63) is 0 Å². The molecule has 3 aliphatic rings. The molecular formula is C17H32N2O2. The fourth-order valence-electron chi connectivity index (χ4n) is 4.27. The van der Waals surface area contributed by atoms with Crippen molar-refractivity contribution in [3.8, 4) is 0 Å². The van der Waals surface area contributed by atoms with E-state index in [-0.39, 0.29) is 18.3 Å². The number of aliphatic hydroxyl groups is 1. The second-order valence-corrected chi connectivity index (χ2v) is 8.21. The average molecular weight is 296 g/mol. The van der Waals surface area contributed by atoms with Crippen molar-refractivity contribution in [1.82, 2.24) is 10.2 Å². The minimum absolute atomic E-state index is 0.0244. The number of hydrogen-bond acceptors (Lipinski definition) is 4. The number of nitrogens with zero attached hydrogens (tertiary/aromatic N) is 1. The molecule has 0 aromatic rings. The number of ether oxygens (including phenoxy) is 1. The van der Waals surface area contributed by atoms with E-state index in [2.05, 4.69) is 24.1 Å². The molecule has 0 spiro atoms. The van der Waals surface area contributed by atoms with Crippen molar-refractivity contribution in [2.45, 2.75) is 70.1 Å². The molecule has 1 atom stereocenters. The zero-order valence-corrected chi connectivity index (χ0v) is 13.7. The van der Waals surface area contributed by atoms with Gasteiger partial charge in [0.05, 0.1) is 18.3 Å². The standard InChI is InChI=1S/C17H32N2O2/c1-16(2)12-19(9-15(10-20)21-16)13-17(7-3-4-8-17)11-18-14-5-6-14/h14-15,18,20H,3-13H2,1-2H3. The van der Waals surface area contributed by atoms with Crippen molar-refractivity contribution in [2.24, 2.45) is 5.41 Å². The highest BCUT2D eigenvalue weighted by molar-refractivity contribution is 4.95. The first-order valence-corrected chi connectivity index (χ1v) is 8.75. The number of rotatable bonds is 6. The van der Waals surface area contributed by atoms with E-state index in [1.165, 1.54) is 45.1 Å². The molecule has 4 nitrogen and oxygen atoms in total.